The molecular weight excluding hydrogens is 380 g/mol. The summed E-state index contributed by atoms with van der Waals surface area (Å²) in [7, 11) is 0. The molecule has 4 rings (SSSR count). The summed E-state index contributed by atoms with van der Waals surface area (Å²) < 4.78 is 0. The zero-order valence-corrected chi connectivity index (χ0v) is 21.1. The highest BCUT2D eigenvalue weighted by Gasteiger charge is 2.62. The van der Waals surface area contributed by atoms with E-state index in [4.69, 9.17) is 0 Å². The summed E-state index contributed by atoms with van der Waals surface area (Å²) in [6, 6.07) is 0. The highest BCUT2D eigenvalue weighted by Crippen LogP contribution is 2.71. The molecule has 2 N–H and O–H groups in total. The maximum atomic E-state index is 10.5. The lowest BCUT2D eigenvalue weighted by Crippen LogP contribution is -2.51. The summed E-state index contributed by atoms with van der Waals surface area (Å²) in [6.45, 7) is 18.4. The van der Waals surface area contributed by atoms with Crippen LogP contribution in [0, 0.1) is 39.9 Å². The average Bonchev–Trinajstić information content (AvgIpc) is 3.00. The highest BCUT2D eigenvalue weighted by atomic mass is 16.3. The van der Waals surface area contributed by atoms with Crippen LogP contribution in [0.15, 0.2) is 23.3 Å². The van der Waals surface area contributed by atoms with Crippen LogP contribution < -0.4 is 0 Å². The Bertz CT molecular complexity index is 752. The van der Waals surface area contributed by atoms with Crippen LogP contribution in [0.3, 0.4) is 0 Å². The number of allylic oxidation sites excluding steroid dienone is 2. The van der Waals surface area contributed by atoms with Gasteiger partial charge in [0.1, 0.15) is 0 Å². The van der Waals surface area contributed by atoms with Gasteiger partial charge in [0.25, 0.3) is 0 Å². The first-order valence-corrected chi connectivity index (χ1v) is 13.2. The maximum Gasteiger partial charge on any atom is 0.0744 e. The van der Waals surface area contributed by atoms with Crippen molar-refractivity contribution in [2.24, 2.45) is 39.9 Å². The van der Waals surface area contributed by atoms with Crippen LogP contribution in [0.5, 0.6) is 0 Å². The van der Waals surface area contributed by atoms with Crippen LogP contribution in [-0.4, -0.2) is 22.4 Å². The second-order valence-electron chi connectivity index (χ2n) is 12.8. The second kappa shape index (κ2) is 8.01. The minimum Gasteiger partial charge on any atom is -0.393 e. The SMILES string of the molecule is C=C(C)C(O)CC[C@@H](C)[C@H]1CC[C@@]2(C)C3=C(CC[C@]12C)[C@@]1(C)CCC(O)C(C)C1CC3. The van der Waals surface area contributed by atoms with Crippen molar-refractivity contribution in [2.75, 3.05) is 0 Å². The van der Waals surface area contributed by atoms with Crippen LogP contribution >= 0.6 is 0 Å². The van der Waals surface area contributed by atoms with Gasteiger partial charge in [-0.1, -0.05) is 57.9 Å². The van der Waals surface area contributed by atoms with Gasteiger partial charge in [-0.2, -0.15) is 0 Å². The summed E-state index contributed by atoms with van der Waals surface area (Å²) in [6.07, 6.45) is 11.4. The average molecular weight is 429 g/mol. The number of hydrogen-bond acceptors (Lipinski definition) is 2. The molecule has 0 heterocycles. The number of aliphatic hydroxyl groups excluding tert-OH is 2. The van der Waals surface area contributed by atoms with E-state index in [1.165, 1.54) is 44.9 Å². The van der Waals surface area contributed by atoms with Crippen molar-refractivity contribution in [3.8, 4) is 0 Å². The molecule has 0 aromatic rings. The smallest absolute Gasteiger partial charge is 0.0744 e. The lowest BCUT2D eigenvalue weighted by Gasteiger charge is -2.60. The summed E-state index contributed by atoms with van der Waals surface area (Å²) in [4.78, 5) is 0. The fourth-order valence-corrected chi connectivity index (χ4v) is 9.12. The zero-order chi connectivity index (χ0) is 22.8. The number of aliphatic hydroxyl groups is 2. The Labute approximate surface area is 191 Å². The van der Waals surface area contributed by atoms with E-state index >= 15 is 0 Å². The van der Waals surface area contributed by atoms with Crippen LogP contribution in [0.1, 0.15) is 106 Å². The first-order valence-electron chi connectivity index (χ1n) is 13.2. The molecule has 0 bridgehead atoms. The molecule has 31 heavy (non-hydrogen) atoms. The molecule has 4 aliphatic carbocycles. The van der Waals surface area contributed by atoms with Crippen LogP contribution in [0.4, 0.5) is 0 Å². The Kier molecular flexibility index (Phi) is 6.09. The van der Waals surface area contributed by atoms with Crippen molar-refractivity contribution in [1.29, 1.82) is 0 Å². The van der Waals surface area contributed by atoms with E-state index in [1.807, 2.05) is 18.1 Å². The topological polar surface area (TPSA) is 40.5 Å². The molecule has 0 radical (unpaired) electrons. The standard InChI is InChI=1S/C29H48O2/c1-18(2)25(30)11-8-19(3)21-12-16-29(7)24-10-9-22-20(4)26(31)14-15-27(22,5)23(24)13-17-28(21,29)6/h19-22,25-26,30-31H,1,8-17H2,2-7H3/t19-,20?,21-,22?,25?,26?,27+,28-,29+/m1/s1. The summed E-state index contributed by atoms with van der Waals surface area (Å²) in [5, 5.41) is 20.8. The molecule has 0 amide bonds. The van der Waals surface area contributed by atoms with Crippen molar-refractivity contribution in [1.82, 2.24) is 0 Å². The summed E-state index contributed by atoms with van der Waals surface area (Å²) >= 11 is 0. The largest absolute Gasteiger partial charge is 0.393 e. The molecule has 0 aliphatic heterocycles. The molecule has 4 aliphatic rings. The van der Waals surface area contributed by atoms with Crippen LogP contribution in [0.2, 0.25) is 0 Å². The minimum absolute atomic E-state index is 0.101. The Morgan fingerprint density at radius 2 is 1.74 bits per heavy atom. The van der Waals surface area contributed by atoms with E-state index < -0.39 is 0 Å². The van der Waals surface area contributed by atoms with Crippen molar-refractivity contribution >= 4 is 0 Å². The summed E-state index contributed by atoms with van der Waals surface area (Å²) in [5.41, 5.74) is 5.57. The van der Waals surface area contributed by atoms with Gasteiger partial charge in [0.15, 0.2) is 0 Å². The Morgan fingerprint density at radius 1 is 1.03 bits per heavy atom. The first-order chi connectivity index (χ1) is 14.5. The summed E-state index contributed by atoms with van der Waals surface area (Å²) in [5.74, 6) is 2.49. The number of fused-ring (bicyclic) bond motifs is 4. The van der Waals surface area contributed by atoms with Gasteiger partial charge in [0.05, 0.1) is 12.2 Å². The second-order valence-corrected chi connectivity index (χ2v) is 12.8. The predicted octanol–water partition coefficient (Wildman–Crippen LogP) is 7.06. The van der Waals surface area contributed by atoms with Crippen molar-refractivity contribution in [3.63, 3.8) is 0 Å². The third-order valence-corrected chi connectivity index (χ3v) is 11.5. The van der Waals surface area contributed by atoms with E-state index in [0.29, 0.717) is 34.0 Å². The third-order valence-electron chi connectivity index (χ3n) is 11.5. The molecule has 2 fully saturated rings. The fourth-order valence-electron chi connectivity index (χ4n) is 9.12. The quantitative estimate of drug-likeness (QED) is 0.460. The lowest BCUT2D eigenvalue weighted by atomic mass is 9.45. The molecule has 9 atom stereocenters. The molecule has 2 saturated carbocycles. The van der Waals surface area contributed by atoms with E-state index in [1.54, 1.807) is 0 Å². The van der Waals surface area contributed by atoms with Gasteiger partial charge in [-0.25, -0.2) is 0 Å². The maximum absolute atomic E-state index is 10.5. The Morgan fingerprint density at radius 3 is 2.42 bits per heavy atom. The third kappa shape index (κ3) is 3.41. The van der Waals surface area contributed by atoms with E-state index in [-0.39, 0.29) is 12.2 Å². The van der Waals surface area contributed by atoms with E-state index in [9.17, 15) is 10.2 Å². The lowest BCUT2D eigenvalue weighted by molar-refractivity contribution is -0.0414. The predicted molar refractivity (Wildman–Crippen MR) is 130 cm³/mol. The van der Waals surface area contributed by atoms with Gasteiger partial charge in [0, 0.05) is 0 Å². The van der Waals surface area contributed by atoms with Crippen LogP contribution in [-0.2, 0) is 0 Å². The molecule has 0 aromatic heterocycles. The molecular formula is C29H48O2. The van der Waals surface area contributed by atoms with Gasteiger partial charge >= 0.3 is 0 Å². The van der Waals surface area contributed by atoms with Crippen molar-refractivity contribution in [3.05, 3.63) is 23.3 Å². The highest BCUT2D eigenvalue weighted by molar-refractivity contribution is 5.38. The molecule has 176 valence electrons. The Balaban J connectivity index is 1.60. The molecule has 2 heteroatoms. The fraction of sp³-hybridized carbons (Fsp3) is 0.862. The first kappa shape index (κ1) is 23.6. The normalized spacial score (nSPS) is 46.7. The van der Waals surface area contributed by atoms with Gasteiger partial charge < -0.3 is 10.2 Å². The zero-order valence-electron chi connectivity index (χ0n) is 21.1. The monoisotopic (exact) mass is 428 g/mol. The minimum atomic E-state index is -0.345. The Hall–Kier alpha value is -0.600. The molecule has 0 spiro atoms. The molecule has 4 unspecified atom stereocenters. The number of rotatable bonds is 5. The molecule has 2 nitrogen and oxygen atoms in total. The van der Waals surface area contributed by atoms with Crippen molar-refractivity contribution < 1.29 is 10.2 Å². The van der Waals surface area contributed by atoms with Gasteiger partial charge in [-0.05, 0) is 111 Å². The molecule has 0 saturated heterocycles. The van der Waals surface area contributed by atoms with Gasteiger partial charge in [-0.15, -0.1) is 0 Å². The van der Waals surface area contributed by atoms with E-state index in [2.05, 4.69) is 41.2 Å². The van der Waals surface area contributed by atoms with Crippen molar-refractivity contribution in [2.45, 2.75) is 118 Å². The van der Waals surface area contributed by atoms with Crippen LogP contribution in [0.25, 0.3) is 0 Å². The number of hydrogen-bond donors (Lipinski definition) is 2. The molecule has 0 aromatic carbocycles. The van der Waals surface area contributed by atoms with E-state index in [0.717, 1.165) is 30.8 Å². The van der Waals surface area contributed by atoms with Gasteiger partial charge in [0.2, 0.25) is 0 Å². The van der Waals surface area contributed by atoms with Gasteiger partial charge in [-0.3, -0.25) is 0 Å².